The largest absolute Gasteiger partial charge is 0.497 e. The van der Waals surface area contributed by atoms with Crippen LogP contribution >= 0.6 is 23.2 Å². The standard InChI is InChI=1S/C27H25Cl2FN2O6/c1-3-12-36-24(33)13-17(35-2)16-37-21-8-4-5-9-22(21)38-23-14-18(20(30)15-19(23)28)25-26(29)31-10-6-7-11-32(31)27(25)34/h3-5,8-9,13-15H,1,6-7,10-12,16H2,2H3/b17-13+. The van der Waals surface area contributed by atoms with Gasteiger partial charge in [-0.05, 0) is 37.1 Å². The molecule has 200 valence electrons. The van der Waals surface area contributed by atoms with E-state index < -0.39 is 11.8 Å². The number of hydrogen-bond donors (Lipinski definition) is 0. The number of ether oxygens (including phenoxy) is 4. The minimum Gasteiger partial charge on any atom is -0.497 e. The number of methoxy groups -OCH3 is 1. The van der Waals surface area contributed by atoms with Crippen molar-refractivity contribution in [1.82, 2.24) is 9.36 Å². The number of halogens is 3. The fourth-order valence-corrected chi connectivity index (χ4v) is 4.49. The van der Waals surface area contributed by atoms with Crippen LogP contribution in [-0.4, -0.2) is 35.7 Å². The number of benzene rings is 2. The maximum absolute atomic E-state index is 15.0. The van der Waals surface area contributed by atoms with Gasteiger partial charge in [0.15, 0.2) is 11.5 Å². The van der Waals surface area contributed by atoms with E-state index in [0.717, 1.165) is 25.0 Å². The van der Waals surface area contributed by atoms with Crippen LogP contribution in [0.4, 0.5) is 4.39 Å². The summed E-state index contributed by atoms with van der Waals surface area (Å²) in [4.78, 5) is 24.9. The van der Waals surface area contributed by atoms with Gasteiger partial charge in [-0.1, -0.05) is 48.0 Å². The first-order valence-electron chi connectivity index (χ1n) is 11.7. The van der Waals surface area contributed by atoms with Gasteiger partial charge >= 0.3 is 5.97 Å². The summed E-state index contributed by atoms with van der Waals surface area (Å²) >= 11 is 12.8. The van der Waals surface area contributed by atoms with Crippen LogP contribution in [0.3, 0.4) is 0 Å². The number of hydrogen-bond acceptors (Lipinski definition) is 6. The van der Waals surface area contributed by atoms with Gasteiger partial charge in [-0.2, -0.15) is 0 Å². The van der Waals surface area contributed by atoms with Crippen LogP contribution in [0, 0.1) is 5.82 Å². The summed E-state index contributed by atoms with van der Waals surface area (Å²) in [5.41, 5.74) is -0.346. The number of carbonyl (C=O) groups excluding carboxylic acids is 1. The zero-order chi connectivity index (χ0) is 27.2. The molecule has 4 rings (SSSR count). The normalized spacial score (nSPS) is 13.0. The molecule has 0 radical (unpaired) electrons. The fraction of sp³-hybridized carbons (Fsp3) is 0.259. The third-order valence-corrected chi connectivity index (χ3v) is 6.46. The highest BCUT2D eigenvalue weighted by Gasteiger charge is 2.25. The van der Waals surface area contributed by atoms with E-state index in [1.54, 1.807) is 28.9 Å². The highest BCUT2D eigenvalue weighted by Crippen LogP contribution is 2.40. The monoisotopic (exact) mass is 562 g/mol. The summed E-state index contributed by atoms with van der Waals surface area (Å²) in [6.45, 7) is 4.52. The number of nitrogens with zero attached hydrogens (tertiary/aromatic N) is 2. The summed E-state index contributed by atoms with van der Waals surface area (Å²) in [6, 6.07) is 9.13. The van der Waals surface area contributed by atoms with E-state index in [1.807, 2.05) is 0 Å². The predicted octanol–water partition coefficient (Wildman–Crippen LogP) is 5.99. The van der Waals surface area contributed by atoms with Crippen molar-refractivity contribution in [1.29, 1.82) is 0 Å². The summed E-state index contributed by atoms with van der Waals surface area (Å²) in [5, 5.41) is 0.153. The van der Waals surface area contributed by atoms with E-state index in [9.17, 15) is 9.59 Å². The molecule has 0 fully saturated rings. The second-order valence-corrected chi connectivity index (χ2v) is 9.02. The molecule has 0 saturated heterocycles. The summed E-state index contributed by atoms with van der Waals surface area (Å²) < 4.78 is 40.1. The van der Waals surface area contributed by atoms with Gasteiger partial charge in [0.2, 0.25) is 0 Å². The molecular formula is C27H25Cl2FN2O6. The highest BCUT2D eigenvalue weighted by molar-refractivity contribution is 6.33. The molecule has 0 bridgehead atoms. The Kier molecular flexibility index (Phi) is 8.81. The summed E-state index contributed by atoms with van der Waals surface area (Å²) in [7, 11) is 1.39. The average Bonchev–Trinajstić information content (AvgIpc) is 3.17. The van der Waals surface area contributed by atoms with Crippen LogP contribution < -0.4 is 15.0 Å². The molecule has 2 heterocycles. The molecule has 1 aliphatic heterocycles. The van der Waals surface area contributed by atoms with Crippen LogP contribution in [-0.2, 0) is 27.4 Å². The van der Waals surface area contributed by atoms with Gasteiger partial charge in [0.1, 0.15) is 35.7 Å². The van der Waals surface area contributed by atoms with Crippen LogP contribution in [0.2, 0.25) is 10.2 Å². The Labute approximate surface area is 228 Å². The Morgan fingerprint density at radius 1 is 1.11 bits per heavy atom. The average molecular weight is 563 g/mol. The van der Waals surface area contributed by atoms with Crippen molar-refractivity contribution < 1.29 is 28.1 Å². The van der Waals surface area contributed by atoms with Crippen LogP contribution in [0.5, 0.6) is 17.2 Å². The number of aromatic nitrogens is 2. The van der Waals surface area contributed by atoms with Crippen LogP contribution in [0.1, 0.15) is 12.8 Å². The lowest BCUT2D eigenvalue weighted by molar-refractivity contribution is -0.136. The molecule has 0 N–H and O–H groups in total. The maximum Gasteiger partial charge on any atom is 0.334 e. The van der Waals surface area contributed by atoms with Gasteiger partial charge in [0, 0.05) is 18.7 Å². The zero-order valence-electron chi connectivity index (χ0n) is 20.5. The number of fused-ring (bicyclic) bond motifs is 1. The number of rotatable bonds is 10. The van der Waals surface area contributed by atoms with E-state index in [1.165, 1.54) is 23.9 Å². The van der Waals surface area contributed by atoms with E-state index in [2.05, 4.69) is 6.58 Å². The van der Waals surface area contributed by atoms with Gasteiger partial charge in [0.25, 0.3) is 5.56 Å². The SMILES string of the molecule is C=CCOC(=O)/C=C(\COc1ccccc1Oc1cc(-c2c(Cl)n3n(c2=O)CCCC3)c(F)cc1Cl)OC. The van der Waals surface area contributed by atoms with Gasteiger partial charge in [-0.3, -0.25) is 9.48 Å². The predicted molar refractivity (Wildman–Crippen MR) is 142 cm³/mol. The maximum atomic E-state index is 15.0. The van der Waals surface area contributed by atoms with E-state index in [4.69, 9.17) is 42.1 Å². The van der Waals surface area contributed by atoms with Gasteiger partial charge in [-0.25, -0.2) is 13.9 Å². The van der Waals surface area contributed by atoms with Gasteiger partial charge < -0.3 is 18.9 Å². The molecule has 0 atom stereocenters. The lowest BCUT2D eigenvalue weighted by atomic mass is 10.1. The molecule has 0 saturated carbocycles. The van der Waals surface area contributed by atoms with E-state index in [0.29, 0.717) is 18.8 Å². The van der Waals surface area contributed by atoms with Crippen molar-refractivity contribution in [2.75, 3.05) is 20.3 Å². The lowest BCUT2D eigenvalue weighted by Crippen LogP contribution is -2.27. The molecule has 3 aromatic rings. The Morgan fingerprint density at radius 2 is 1.82 bits per heavy atom. The first-order chi connectivity index (χ1) is 18.3. The molecule has 0 aliphatic carbocycles. The second-order valence-electron chi connectivity index (χ2n) is 8.26. The Morgan fingerprint density at radius 3 is 2.50 bits per heavy atom. The number of esters is 1. The molecule has 38 heavy (non-hydrogen) atoms. The fourth-order valence-electron chi connectivity index (χ4n) is 3.95. The van der Waals surface area contributed by atoms with Crippen molar-refractivity contribution in [2.24, 2.45) is 0 Å². The molecule has 0 amide bonds. The number of para-hydroxylation sites is 2. The third-order valence-electron chi connectivity index (χ3n) is 5.78. The summed E-state index contributed by atoms with van der Waals surface area (Å²) in [5.74, 6) is -0.442. The van der Waals surface area contributed by atoms with Gasteiger partial charge in [0.05, 0.1) is 23.8 Å². The first kappa shape index (κ1) is 27.3. The Balaban J connectivity index is 1.61. The Hall–Kier alpha value is -3.69. The zero-order valence-corrected chi connectivity index (χ0v) is 22.1. The molecular weight excluding hydrogens is 538 g/mol. The topological polar surface area (TPSA) is 80.9 Å². The number of carbonyl (C=O) groups is 1. The smallest absolute Gasteiger partial charge is 0.334 e. The van der Waals surface area contributed by atoms with Gasteiger partial charge in [-0.15, -0.1) is 0 Å². The molecule has 0 unspecified atom stereocenters. The van der Waals surface area contributed by atoms with E-state index >= 15 is 4.39 Å². The first-order valence-corrected chi connectivity index (χ1v) is 12.5. The molecule has 8 nitrogen and oxygen atoms in total. The molecule has 1 aromatic heterocycles. The minimum atomic E-state index is -0.701. The second kappa shape index (κ2) is 12.2. The molecule has 11 heteroatoms. The van der Waals surface area contributed by atoms with Crippen molar-refractivity contribution in [3.05, 3.63) is 87.2 Å². The molecule has 2 aromatic carbocycles. The van der Waals surface area contributed by atoms with Crippen molar-refractivity contribution in [2.45, 2.75) is 25.9 Å². The van der Waals surface area contributed by atoms with Crippen LogP contribution in [0.15, 0.2) is 65.7 Å². The quantitative estimate of drug-likeness (QED) is 0.131. The Bertz CT molecular complexity index is 1450. The third kappa shape index (κ3) is 5.89. The minimum absolute atomic E-state index is 0.0105. The summed E-state index contributed by atoms with van der Waals surface area (Å²) in [6.07, 6.45) is 4.32. The van der Waals surface area contributed by atoms with Crippen molar-refractivity contribution >= 4 is 29.2 Å². The molecule has 0 spiro atoms. The van der Waals surface area contributed by atoms with Crippen molar-refractivity contribution in [3.8, 4) is 28.4 Å². The van der Waals surface area contributed by atoms with E-state index in [-0.39, 0.29) is 57.3 Å². The highest BCUT2D eigenvalue weighted by atomic mass is 35.5. The van der Waals surface area contributed by atoms with Crippen LogP contribution in [0.25, 0.3) is 11.1 Å². The molecule has 1 aliphatic rings. The van der Waals surface area contributed by atoms with Crippen molar-refractivity contribution in [3.63, 3.8) is 0 Å². The lowest BCUT2D eigenvalue weighted by Gasteiger charge is -2.17.